The molecule has 0 unspecified atom stereocenters. The van der Waals surface area contributed by atoms with Gasteiger partial charge in [-0.15, -0.1) is 22.9 Å². The average Bonchev–Trinajstić information content (AvgIpc) is 2.35. The molecule has 0 radical (unpaired) electrons. The molecule has 0 saturated carbocycles. The summed E-state index contributed by atoms with van der Waals surface area (Å²) in [5, 5.41) is 4.27. The highest BCUT2D eigenvalue weighted by Crippen LogP contribution is 2.16. The van der Waals surface area contributed by atoms with Gasteiger partial charge >= 0.3 is 0 Å². The summed E-state index contributed by atoms with van der Waals surface area (Å²) in [5.41, 5.74) is 0. The Bertz CT molecular complexity index is 261. The summed E-state index contributed by atoms with van der Waals surface area (Å²) in [4.78, 5) is 14.7. The molecule has 0 aliphatic heterocycles. The molecule has 1 aromatic rings. The van der Waals surface area contributed by atoms with Crippen molar-refractivity contribution in [2.75, 3.05) is 11.2 Å². The number of nitrogens with one attached hydrogen (secondary N) is 1. The van der Waals surface area contributed by atoms with Crippen LogP contribution >= 0.6 is 22.9 Å². The average molecular weight is 191 g/mol. The Morgan fingerprint density at radius 1 is 1.91 bits per heavy atom. The van der Waals surface area contributed by atoms with Gasteiger partial charge in [-0.1, -0.05) is 0 Å². The highest BCUT2D eigenvalue weighted by atomic mass is 35.5. The van der Waals surface area contributed by atoms with Crippen LogP contribution in [-0.4, -0.2) is 16.8 Å². The minimum Gasteiger partial charge on any atom is -0.315 e. The van der Waals surface area contributed by atoms with Crippen molar-refractivity contribution in [3.63, 3.8) is 0 Å². The summed E-state index contributed by atoms with van der Waals surface area (Å²) in [7, 11) is 0. The molecule has 5 heteroatoms. The summed E-state index contributed by atoms with van der Waals surface area (Å²) in [6.45, 7) is 1.88. The fraction of sp³-hybridized carbons (Fsp3) is 0.333. The van der Waals surface area contributed by atoms with E-state index in [2.05, 4.69) is 10.3 Å². The Labute approximate surface area is 73.4 Å². The zero-order valence-corrected chi connectivity index (χ0v) is 7.50. The molecule has 0 saturated heterocycles. The lowest BCUT2D eigenvalue weighted by molar-refractivity contribution is -0.113. The first kappa shape index (κ1) is 8.49. The molecule has 3 nitrogen and oxygen atoms in total. The van der Waals surface area contributed by atoms with Crippen molar-refractivity contribution in [2.45, 2.75) is 6.92 Å². The first-order valence-corrected chi connectivity index (χ1v) is 4.35. The molecule has 0 aromatic carbocycles. The topological polar surface area (TPSA) is 42.0 Å². The van der Waals surface area contributed by atoms with E-state index >= 15 is 0 Å². The van der Waals surface area contributed by atoms with E-state index in [9.17, 15) is 4.79 Å². The molecule has 1 heterocycles. The molecule has 1 N–H and O–H groups in total. The molecule has 0 spiro atoms. The van der Waals surface area contributed by atoms with Crippen LogP contribution in [0.5, 0.6) is 0 Å². The van der Waals surface area contributed by atoms with E-state index < -0.39 is 0 Å². The number of alkyl halides is 1. The lowest BCUT2D eigenvalue weighted by Gasteiger charge is -1.94. The maximum atomic E-state index is 10.7. The van der Waals surface area contributed by atoms with Crippen LogP contribution in [0.1, 0.15) is 5.01 Å². The number of anilines is 1. The largest absolute Gasteiger partial charge is 0.315 e. The van der Waals surface area contributed by atoms with Crippen molar-refractivity contribution in [3.8, 4) is 0 Å². The number of carbonyl (C=O) groups excluding carboxylic acids is 1. The van der Waals surface area contributed by atoms with Gasteiger partial charge in [-0.05, 0) is 6.92 Å². The number of halogens is 1. The van der Waals surface area contributed by atoms with Gasteiger partial charge in [0.1, 0.15) is 10.9 Å². The van der Waals surface area contributed by atoms with Crippen LogP contribution < -0.4 is 5.32 Å². The number of rotatable bonds is 2. The zero-order chi connectivity index (χ0) is 8.27. The number of nitrogens with zero attached hydrogens (tertiary/aromatic N) is 1. The van der Waals surface area contributed by atoms with Crippen molar-refractivity contribution in [2.24, 2.45) is 0 Å². The monoisotopic (exact) mass is 190 g/mol. The molecule has 1 aromatic heterocycles. The van der Waals surface area contributed by atoms with Crippen LogP contribution in [0, 0.1) is 6.92 Å². The van der Waals surface area contributed by atoms with Gasteiger partial charge in [-0.25, -0.2) is 4.98 Å². The molecule has 1 rings (SSSR count). The third-order valence-electron chi connectivity index (χ3n) is 1.01. The molecule has 60 valence electrons. The molecular formula is C6H7ClN2OS. The van der Waals surface area contributed by atoms with Crippen molar-refractivity contribution < 1.29 is 4.79 Å². The Morgan fingerprint density at radius 2 is 2.64 bits per heavy atom. The van der Waals surface area contributed by atoms with E-state index in [1.165, 1.54) is 11.3 Å². The minimum atomic E-state index is -0.199. The van der Waals surface area contributed by atoms with Gasteiger partial charge in [0.25, 0.3) is 0 Å². The van der Waals surface area contributed by atoms with E-state index in [4.69, 9.17) is 11.6 Å². The first-order chi connectivity index (χ1) is 5.22. The van der Waals surface area contributed by atoms with Gasteiger partial charge in [0.05, 0.1) is 11.2 Å². The lowest BCUT2D eigenvalue weighted by Crippen LogP contribution is -2.11. The second-order valence-electron chi connectivity index (χ2n) is 1.93. The number of hydrogen-bond acceptors (Lipinski definition) is 3. The normalized spacial score (nSPS) is 9.64. The quantitative estimate of drug-likeness (QED) is 0.721. The summed E-state index contributed by atoms with van der Waals surface area (Å²) in [6, 6.07) is 0. The minimum absolute atomic E-state index is 0.0169. The maximum absolute atomic E-state index is 10.7. The fourth-order valence-electron chi connectivity index (χ4n) is 0.590. The van der Waals surface area contributed by atoms with Gasteiger partial charge < -0.3 is 5.32 Å². The molecule has 0 fully saturated rings. The van der Waals surface area contributed by atoms with Gasteiger partial charge in [0.15, 0.2) is 0 Å². The Balaban J connectivity index is 2.57. The van der Waals surface area contributed by atoms with E-state index in [-0.39, 0.29) is 11.8 Å². The molecule has 0 atom stereocenters. The molecule has 11 heavy (non-hydrogen) atoms. The number of thiazole rings is 1. The molecular weight excluding hydrogens is 184 g/mol. The molecule has 0 aliphatic carbocycles. The fourth-order valence-corrected chi connectivity index (χ4v) is 1.35. The van der Waals surface area contributed by atoms with Crippen LogP contribution in [0.25, 0.3) is 0 Å². The summed E-state index contributed by atoms with van der Waals surface area (Å²) in [5.74, 6) is -0.216. The van der Waals surface area contributed by atoms with Gasteiger partial charge in [-0.3, -0.25) is 4.79 Å². The number of aromatic nitrogens is 1. The van der Waals surface area contributed by atoms with E-state index in [1.807, 2.05) is 6.92 Å². The van der Waals surface area contributed by atoms with E-state index in [0.29, 0.717) is 0 Å². The third-order valence-corrected chi connectivity index (χ3v) is 2.08. The standard InChI is InChI=1S/C6H7ClN2OS/c1-4-8-3-6(11-4)9-5(10)2-7/h3H,2H2,1H3,(H,9,10). The Hall–Kier alpha value is -0.610. The van der Waals surface area contributed by atoms with Gasteiger partial charge in [0.2, 0.25) is 5.91 Å². The smallest absolute Gasteiger partial charge is 0.239 e. The third kappa shape index (κ3) is 2.48. The van der Waals surface area contributed by atoms with Crippen LogP contribution in [0.15, 0.2) is 6.20 Å². The Kier molecular flexibility index (Phi) is 2.84. The van der Waals surface area contributed by atoms with Crippen molar-refractivity contribution in [1.82, 2.24) is 4.98 Å². The van der Waals surface area contributed by atoms with Crippen LogP contribution in [-0.2, 0) is 4.79 Å². The number of amides is 1. The lowest BCUT2D eigenvalue weighted by atomic mass is 10.7. The van der Waals surface area contributed by atoms with Crippen LogP contribution in [0.4, 0.5) is 5.00 Å². The van der Waals surface area contributed by atoms with Crippen molar-refractivity contribution >= 4 is 33.8 Å². The van der Waals surface area contributed by atoms with Gasteiger partial charge in [-0.2, -0.15) is 0 Å². The number of carbonyl (C=O) groups is 1. The molecule has 1 amide bonds. The Morgan fingerprint density at radius 3 is 3.09 bits per heavy atom. The van der Waals surface area contributed by atoms with Crippen LogP contribution in [0.2, 0.25) is 0 Å². The van der Waals surface area contributed by atoms with E-state index in [0.717, 1.165) is 10.0 Å². The highest BCUT2D eigenvalue weighted by Gasteiger charge is 2.01. The highest BCUT2D eigenvalue weighted by molar-refractivity contribution is 7.15. The zero-order valence-electron chi connectivity index (χ0n) is 5.93. The summed E-state index contributed by atoms with van der Waals surface area (Å²) < 4.78 is 0. The predicted molar refractivity (Wildman–Crippen MR) is 46.2 cm³/mol. The number of hydrogen-bond donors (Lipinski definition) is 1. The summed E-state index contributed by atoms with van der Waals surface area (Å²) >= 11 is 6.71. The van der Waals surface area contributed by atoms with Gasteiger partial charge in [0, 0.05) is 0 Å². The van der Waals surface area contributed by atoms with Crippen molar-refractivity contribution in [3.05, 3.63) is 11.2 Å². The molecule has 0 aliphatic rings. The van der Waals surface area contributed by atoms with Crippen LogP contribution in [0.3, 0.4) is 0 Å². The predicted octanol–water partition coefficient (Wildman–Crippen LogP) is 1.63. The maximum Gasteiger partial charge on any atom is 0.239 e. The second-order valence-corrected chi connectivity index (χ2v) is 3.43. The SMILES string of the molecule is Cc1ncc(NC(=O)CCl)s1. The van der Waals surface area contributed by atoms with E-state index in [1.54, 1.807) is 6.20 Å². The number of aryl methyl sites for hydroxylation is 1. The van der Waals surface area contributed by atoms with Crippen molar-refractivity contribution in [1.29, 1.82) is 0 Å². The first-order valence-electron chi connectivity index (χ1n) is 3.00. The molecule has 0 bridgehead atoms. The summed E-state index contributed by atoms with van der Waals surface area (Å²) in [6.07, 6.45) is 1.62. The second kappa shape index (κ2) is 3.69.